The third kappa shape index (κ3) is 6.20. The van der Waals surface area contributed by atoms with Crippen molar-refractivity contribution in [3.63, 3.8) is 0 Å². The highest BCUT2D eigenvalue weighted by molar-refractivity contribution is 14.2. The first-order valence-corrected chi connectivity index (χ1v) is 26.1. The van der Waals surface area contributed by atoms with E-state index in [1.54, 1.807) is 0 Å². The van der Waals surface area contributed by atoms with Crippen LogP contribution in [-0.2, 0) is 17.3 Å². The number of hydrogen-bond acceptors (Lipinski definition) is 0. The zero-order chi connectivity index (χ0) is 45.0. The minimum Gasteiger partial charge on any atom is -0.0931 e. The van der Waals surface area contributed by atoms with Gasteiger partial charge in [-0.1, -0.05) is 216 Å². The van der Waals surface area contributed by atoms with E-state index < -0.39 is 5.41 Å². The minimum absolute atomic E-state index is 0.00565. The summed E-state index contributed by atoms with van der Waals surface area (Å²) in [6, 6.07) is 74.7. The van der Waals surface area contributed by atoms with Gasteiger partial charge in [-0.15, -0.1) is 0 Å². The summed E-state index contributed by atoms with van der Waals surface area (Å²) in [5, 5.41) is 5.26. The highest BCUT2D eigenvalue weighted by Gasteiger charge is 2.47. The third-order valence-corrected chi connectivity index (χ3v) is 17.1. The van der Waals surface area contributed by atoms with Crippen LogP contribution in [0.2, 0.25) is 0 Å². The monoisotopic (exact) mass is 968 g/mol. The molecule has 0 saturated heterocycles. The Morgan fingerprint density at radius 3 is 1.99 bits per heavy atom. The van der Waals surface area contributed by atoms with Crippen molar-refractivity contribution in [1.82, 2.24) is 0 Å². The van der Waals surface area contributed by atoms with Crippen LogP contribution in [0.4, 0.5) is 0 Å². The maximum atomic E-state index is 2.52. The molecule has 13 rings (SSSR count). The predicted octanol–water partition coefficient (Wildman–Crippen LogP) is 17.3. The Hall–Kier alpha value is -6.94. The van der Waals surface area contributed by atoms with Gasteiger partial charge in [-0.3, -0.25) is 0 Å². The fourth-order valence-electron chi connectivity index (χ4n) is 12.1. The molecule has 1 heterocycles. The van der Waals surface area contributed by atoms with E-state index in [9.17, 15) is 0 Å². The number of fused-ring (bicyclic) bond motifs is 10. The zero-order valence-corrected chi connectivity index (χ0v) is 40.4. The van der Waals surface area contributed by atoms with Gasteiger partial charge in [0.15, 0.2) is 0 Å². The summed E-state index contributed by atoms with van der Waals surface area (Å²) in [5.74, 6) is 0. The topological polar surface area (TPSA) is 0 Å². The Morgan fingerprint density at radius 1 is 0.448 bits per heavy atom. The Morgan fingerprint density at radius 2 is 1.13 bits per heavy atom. The SMILES string of the molecule is Cc1ccc(C2(c3ccc(Cc4cc5c(c6ccccc46)C(C)(C)c4cc(-c6ccc7c(c6)C=IC=C7)ccc4-5)cc3)c3ccccc3-c3c(-c4ccc5ccc(C)cc5c4)cccc32)cc1. The maximum absolute atomic E-state index is 2.52. The quantitative estimate of drug-likeness (QED) is 0.146. The second-order valence-corrected chi connectivity index (χ2v) is 21.7. The number of halogens is 1. The molecule has 0 amide bonds. The number of aryl methyl sites for hydroxylation is 2. The van der Waals surface area contributed by atoms with Gasteiger partial charge in [0.05, 0.1) is 5.41 Å². The van der Waals surface area contributed by atoms with Gasteiger partial charge in [-0.05, 0) is 180 Å². The first-order chi connectivity index (χ1) is 32.8. The molecular formula is C66H49I. The van der Waals surface area contributed by atoms with E-state index in [2.05, 4.69) is 236 Å². The molecule has 1 unspecified atom stereocenters. The molecule has 1 atom stereocenters. The van der Waals surface area contributed by atoms with Crippen LogP contribution in [0.3, 0.4) is 0 Å². The molecule has 10 aromatic rings. The van der Waals surface area contributed by atoms with Gasteiger partial charge in [-0.2, -0.15) is 0 Å². The second kappa shape index (κ2) is 15.3. The lowest BCUT2D eigenvalue weighted by atomic mass is 9.67. The Bertz CT molecular complexity index is 3750. The van der Waals surface area contributed by atoms with Crippen LogP contribution >= 0.6 is 20.7 Å². The molecule has 1 heteroatoms. The average molecular weight is 969 g/mol. The van der Waals surface area contributed by atoms with Gasteiger partial charge in [0.2, 0.25) is 0 Å². The van der Waals surface area contributed by atoms with Crippen molar-refractivity contribution in [1.29, 1.82) is 0 Å². The van der Waals surface area contributed by atoms with Gasteiger partial charge in [0, 0.05) is 5.41 Å². The molecule has 0 nitrogen and oxygen atoms in total. The van der Waals surface area contributed by atoms with Gasteiger partial charge < -0.3 is 0 Å². The van der Waals surface area contributed by atoms with E-state index in [1.165, 1.54) is 133 Å². The van der Waals surface area contributed by atoms with E-state index in [0.717, 1.165) is 6.42 Å². The van der Waals surface area contributed by atoms with E-state index in [4.69, 9.17) is 0 Å². The number of benzene rings is 10. The Labute approximate surface area is 404 Å². The molecule has 0 radical (unpaired) electrons. The van der Waals surface area contributed by atoms with Crippen LogP contribution < -0.4 is 0 Å². The molecule has 67 heavy (non-hydrogen) atoms. The van der Waals surface area contributed by atoms with Gasteiger partial charge in [0.1, 0.15) is 0 Å². The van der Waals surface area contributed by atoms with Crippen molar-refractivity contribution in [2.24, 2.45) is 0 Å². The first-order valence-electron chi connectivity index (χ1n) is 23.6. The predicted molar refractivity (Wildman–Crippen MR) is 294 cm³/mol. The number of rotatable bonds is 6. The molecule has 3 aliphatic rings. The molecule has 320 valence electrons. The molecule has 0 saturated carbocycles. The molecule has 0 bridgehead atoms. The minimum atomic E-state index is -0.494. The van der Waals surface area contributed by atoms with Crippen molar-refractivity contribution >= 4 is 52.4 Å². The maximum Gasteiger partial charge on any atom is 0.0713 e. The molecule has 0 N–H and O–H groups in total. The molecule has 1 aliphatic heterocycles. The highest BCUT2D eigenvalue weighted by atomic mass is 127. The summed E-state index contributed by atoms with van der Waals surface area (Å²) in [4.78, 5) is 0. The fraction of sp³-hybridized carbons (Fsp3) is 0.106. The average Bonchev–Trinajstić information content (AvgIpc) is 3.79. The molecule has 2 aliphatic carbocycles. The first kappa shape index (κ1) is 40.3. The third-order valence-electron chi connectivity index (χ3n) is 15.3. The Balaban J connectivity index is 0.925. The summed E-state index contributed by atoms with van der Waals surface area (Å²) in [6.07, 6.45) is 3.14. The largest absolute Gasteiger partial charge is 0.0931 e. The van der Waals surface area contributed by atoms with E-state index in [1.807, 2.05) is 0 Å². The summed E-state index contributed by atoms with van der Waals surface area (Å²) >= 11 is -0.00565. The summed E-state index contributed by atoms with van der Waals surface area (Å²) < 4.78 is 4.80. The molecule has 0 spiro atoms. The van der Waals surface area contributed by atoms with Crippen LogP contribution in [0.1, 0.15) is 80.6 Å². The van der Waals surface area contributed by atoms with Crippen molar-refractivity contribution in [2.45, 2.75) is 44.9 Å². The van der Waals surface area contributed by atoms with E-state index in [-0.39, 0.29) is 26.1 Å². The van der Waals surface area contributed by atoms with Crippen molar-refractivity contribution < 1.29 is 0 Å². The summed E-state index contributed by atoms with van der Waals surface area (Å²) in [7, 11) is 0. The van der Waals surface area contributed by atoms with Crippen LogP contribution in [0.15, 0.2) is 198 Å². The van der Waals surface area contributed by atoms with E-state index >= 15 is 0 Å². The lowest BCUT2D eigenvalue weighted by Crippen LogP contribution is -2.28. The lowest BCUT2D eigenvalue weighted by Gasteiger charge is -2.34. The van der Waals surface area contributed by atoms with Crippen molar-refractivity contribution in [2.75, 3.05) is 0 Å². The normalized spacial score (nSPS) is 16.0. The van der Waals surface area contributed by atoms with Gasteiger partial charge >= 0.3 is 0 Å². The van der Waals surface area contributed by atoms with Crippen LogP contribution in [0.25, 0.3) is 72.1 Å². The fourth-order valence-corrected chi connectivity index (χ4v) is 13.8. The van der Waals surface area contributed by atoms with Crippen LogP contribution in [0, 0.1) is 13.8 Å². The molecule has 0 aromatic heterocycles. The summed E-state index contributed by atoms with van der Waals surface area (Å²) in [5.41, 5.74) is 25.9. The van der Waals surface area contributed by atoms with Crippen LogP contribution in [0.5, 0.6) is 0 Å². The standard InChI is InChI=1S/C66H49I/c1-41-17-27-52(28-18-41)66(60-14-8-7-12-58(60)63-55(13-9-15-61(63)66)48-25-23-44-21-16-42(2)34-49(44)37-48)53-29-19-43(20-30-53)35-50-38-59-56-31-26-47(46-24-22-45-32-33-67-40-51(45)36-46)39-62(56)65(3,4)64(59)57-11-6-5-10-54(50)57/h5-34,36-40H,35H2,1-4H3. The molecule has 0 fully saturated rings. The Kier molecular flexibility index (Phi) is 9.21. The number of hydrogen-bond donors (Lipinski definition) is 0. The van der Waals surface area contributed by atoms with Gasteiger partial charge in [0.25, 0.3) is 0 Å². The summed E-state index contributed by atoms with van der Waals surface area (Å²) in [6.45, 7) is 9.23. The lowest BCUT2D eigenvalue weighted by molar-refractivity contribution is 0.666. The molecular weight excluding hydrogens is 920 g/mol. The van der Waals surface area contributed by atoms with E-state index in [0.29, 0.717) is 0 Å². The zero-order valence-electron chi connectivity index (χ0n) is 38.3. The second-order valence-electron chi connectivity index (χ2n) is 19.6. The smallest absolute Gasteiger partial charge is 0.0713 e. The molecule has 10 aromatic carbocycles. The highest BCUT2D eigenvalue weighted by Crippen LogP contribution is 2.59. The van der Waals surface area contributed by atoms with Crippen molar-refractivity contribution in [3.8, 4) is 44.5 Å². The van der Waals surface area contributed by atoms with Crippen LogP contribution in [-0.4, -0.2) is 4.01 Å². The van der Waals surface area contributed by atoms with Crippen molar-refractivity contribution in [3.05, 3.63) is 265 Å². The van der Waals surface area contributed by atoms with Gasteiger partial charge in [-0.25, -0.2) is 0 Å².